The normalized spacial score (nSPS) is 21.7. The zero-order valence-corrected chi connectivity index (χ0v) is 18.0. The lowest BCUT2D eigenvalue weighted by Gasteiger charge is -2.41. The van der Waals surface area contributed by atoms with Gasteiger partial charge in [0.15, 0.2) is 0 Å². The van der Waals surface area contributed by atoms with E-state index in [1.54, 1.807) is 4.90 Å². The number of piperazine rings is 1. The topological polar surface area (TPSA) is 81.8 Å². The third-order valence-electron chi connectivity index (χ3n) is 6.06. The Kier molecular flexibility index (Phi) is 8.58. The van der Waals surface area contributed by atoms with Gasteiger partial charge in [0, 0.05) is 38.6 Å². The van der Waals surface area contributed by atoms with E-state index in [1.807, 2.05) is 32.6 Å². The summed E-state index contributed by atoms with van der Waals surface area (Å²) in [5, 5.41) is 5.48. The van der Waals surface area contributed by atoms with E-state index in [9.17, 15) is 14.4 Å². The van der Waals surface area contributed by atoms with Gasteiger partial charge in [-0.1, -0.05) is 39.5 Å². The molecule has 0 bridgehead atoms. The zero-order valence-electron chi connectivity index (χ0n) is 18.0. The summed E-state index contributed by atoms with van der Waals surface area (Å²) in [7, 11) is 0. The summed E-state index contributed by atoms with van der Waals surface area (Å²) in [6, 6.07) is -0.863. The van der Waals surface area contributed by atoms with Gasteiger partial charge in [0.25, 0.3) is 0 Å². The average molecular weight is 395 g/mol. The van der Waals surface area contributed by atoms with E-state index in [4.69, 9.17) is 0 Å². The Hall–Kier alpha value is -1.79. The standard InChI is InChI=1S/C21H38N4O3/c1-5-22-21(28)23-19(15(2)3)20(27)24-12-13-25(16(4)14-24)18(26)11-10-17-8-6-7-9-17/h15-17,19H,5-14H2,1-4H3,(H2,22,23,28). The summed E-state index contributed by atoms with van der Waals surface area (Å²) in [5.74, 6) is 0.865. The second kappa shape index (κ2) is 10.7. The Bertz CT molecular complexity index is 546. The number of rotatable bonds is 7. The maximum Gasteiger partial charge on any atom is 0.315 e. The predicted octanol–water partition coefficient (Wildman–Crippen LogP) is 2.36. The number of nitrogens with one attached hydrogen (secondary N) is 2. The molecule has 2 atom stereocenters. The van der Waals surface area contributed by atoms with Crippen molar-refractivity contribution < 1.29 is 14.4 Å². The van der Waals surface area contributed by atoms with Gasteiger partial charge in [0.1, 0.15) is 6.04 Å². The smallest absolute Gasteiger partial charge is 0.315 e. The molecule has 1 saturated heterocycles. The van der Waals surface area contributed by atoms with Crippen LogP contribution in [0.3, 0.4) is 0 Å². The molecule has 4 amide bonds. The van der Waals surface area contributed by atoms with Gasteiger partial charge in [0.05, 0.1) is 0 Å². The molecule has 2 rings (SSSR count). The maximum atomic E-state index is 13.0. The molecular weight excluding hydrogens is 356 g/mol. The molecule has 0 aromatic carbocycles. The van der Waals surface area contributed by atoms with Crippen LogP contribution in [0.5, 0.6) is 0 Å². The van der Waals surface area contributed by atoms with E-state index in [2.05, 4.69) is 10.6 Å². The first kappa shape index (κ1) is 22.5. The fourth-order valence-corrected chi connectivity index (χ4v) is 4.36. The Morgan fingerprint density at radius 3 is 2.36 bits per heavy atom. The van der Waals surface area contributed by atoms with Crippen LogP contribution in [-0.4, -0.2) is 65.9 Å². The van der Waals surface area contributed by atoms with E-state index in [1.165, 1.54) is 25.7 Å². The van der Waals surface area contributed by atoms with Crippen LogP contribution in [0.1, 0.15) is 66.2 Å². The third kappa shape index (κ3) is 6.11. The predicted molar refractivity (Wildman–Crippen MR) is 110 cm³/mol. The van der Waals surface area contributed by atoms with Gasteiger partial charge in [-0.2, -0.15) is 0 Å². The van der Waals surface area contributed by atoms with E-state index < -0.39 is 6.04 Å². The number of urea groups is 1. The molecule has 0 spiro atoms. The van der Waals surface area contributed by atoms with Gasteiger partial charge in [0.2, 0.25) is 11.8 Å². The van der Waals surface area contributed by atoms with Crippen LogP contribution >= 0.6 is 0 Å². The minimum Gasteiger partial charge on any atom is -0.338 e. The number of carbonyl (C=O) groups is 3. The first-order valence-corrected chi connectivity index (χ1v) is 11.0. The summed E-state index contributed by atoms with van der Waals surface area (Å²) in [6.45, 7) is 9.85. The van der Waals surface area contributed by atoms with Crippen molar-refractivity contribution in [2.45, 2.75) is 78.3 Å². The Labute approximate surface area is 169 Å². The molecule has 1 aliphatic carbocycles. The third-order valence-corrected chi connectivity index (χ3v) is 6.06. The summed E-state index contributed by atoms with van der Waals surface area (Å²) in [6.07, 6.45) is 6.75. The molecule has 2 fully saturated rings. The maximum absolute atomic E-state index is 13.0. The second-order valence-corrected chi connectivity index (χ2v) is 8.64. The van der Waals surface area contributed by atoms with Crippen molar-refractivity contribution in [1.82, 2.24) is 20.4 Å². The molecule has 0 aromatic rings. The summed E-state index contributed by atoms with van der Waals surface area (Å²) < 4.78 is 0. The monoisotopic (exact) mass is 394 g/mol. The Morgan fingerprint density at radius 2 is 1.79 bits per heavy atom. The first-order valence-electron chi connectivity index (χ1n) is 11.0. The number of carbonyl (C=O) groups excluding carboxylic acids is 3. The molecule has 2 aliphatic rings. The zero-order chi connectivity index (χ0) is 20.7. The van der Waals surface area contributed by atoms with Crippen molar-refractivity contribution in [3.8, 4) is 0 Å². The van der Waals surface area contributed by atoms with Gasteiger partial charge < -0.3 is 20.4 Å². The number of hydrogen-bond acceptors (Lipinski definition) is 3. The van der Waals surface area contributed by atoms with Crippen LogP contribution in [-0.2, 0) is 9.59 Å². The molecule has 28 heavy (non-hydrogen) atoms. The lowest BCUT2D eigenvalue weighted by atomic mass is 10.00. The van der Waals surface area contributed by atoms with Crippen LogP contribution in [0.4, 0.5) is 4.79 Å². The van der Waals surface area contributed by atoms with Crippen LogP contribution in [0.2, 0.25) is 0 Å². The molecule has 1 aliphatic heterocycles. The number of nitrogens with zero attached hydrogens (tertiary/aromatic N) is 2. The molecule has 160 valence electrons. The lowest BCUT2D eigenvalue weighted by molar-refractivity contribution is -0.144. The fraction of sp³-hybridized carbons (Fsp3) is 0.857. The van der Waals surface area contributed by atoms with Gasteiger partial charge in [-0.3, -0.25) is 9.59 Å². The fourth-order valence-electron chi connectivity index (χ4n) is 4.36. The van der Waals surface area contributed by atoms with Gasteiger partial charge in [-0.05, 0) is 32.1 Å². The lowest BCUT2D eigenvalue weighted by Crippen LogP contribution is -2.60. The number of hydrogen-bond donors (Lipinski definition) is 2. The highest BCUT2D eigenvalue weighted by molar-refractivity contribution is 5.87. The van der Waals surface area contributed by atoms with Crippen molar-refractivity contribution in [3.05, 3.63) is 0 Å². The van der Waals surface area contributed by atoms with Gasteiger partial charge >= 0.3 is 6.03 Å². The van der Waals surface area contributed by atoms with E-state index in [0.717, 1.165) is 6.42 Å². The summed E-state index contributed by atoms with van der Waals surface area (Å²) in [4.78, 5) is 41.3. The van der Waals surface area contributed by atoms with Crippen molar-refractivity contribution in [1.29, 1.82) is 0 Å². The van der Waals surface area contributed by atoms with E-state index in [-0.39, 0.29) is 29.8 Å². The minimum absolute atomic E-state index is 0.00325. The molecular formula is C21H38N4O3. The van der Waals surface area contributed by atoms with Crippen LogP contribution in [0.25, 0.3) is 0 Å². The Balaban J connectivity index is 1.87. The van der Waals surface area contributed by atoms with E-state index >= 15 is 0 Å². The quantitative estimate of drug-likeness (QED) is 0.695. The second-order valence-electron chi connectivity index (χ2n) is 8.64. The molecule has 7 nitrogen and oxygen atoms in total. The molecule has 2 N–H and O–H groups in total. The largest absolute Gasteiger partial charge is 0.338 e. The SMILES string of the molecule is CCNC(=O)NC(C(=O)N1CCN(C(=O)CCC2CCCC2)C(C)C1)C(C)C. The van der Waals surface area contributed by atoms with Gasteiger partial charge in [-0.15, -0.1) is 0 Å². The molecule has 0 aromatic heterocycles. The summed E-state index contributed by atoms with van der Waals surface area (Å²) in [5.41, 5.74) is 0. The van der Waals surface area contributed by atoms with Crippen molar-refractivity contribution in [2.75, 3.05) is 26.2 Å². The van der Waals surface area contributed by atoms with Crippen LogP contribution in [0, 0.1) is 11.8 Å². The van der Waals surface area contributed by atoms with Crippen molar-refractivity contribution in [3.63, 3.8) is 0 Å². The average Bonchev–Trinajstić information content (AvgIpc) is 3.17. The minimum atomic E-state index is -0.552. The van der Waals surface area contributed by atoms with Crippen LogP contribution < -0.4 is 10.6 Å². The van der Waals surface area contributed by atoms with Gasteiger partial charge in [-0.25, -0.2) is 4.79 Å². The molecule has 1 heterocycles. The van der Waals surface area contributed by atoms with Crippen molar-refractivity contribution in [2.24, 2.45) is 11.8 Å². The highest BCUT2D eigenvalue weighted by Gasteiger charge is 2.34. The highest BCUT2D eigenvalue weighted by atomic mass is 16.2. The molecule has 0 radical (unpaired) electrons. The van der Waals surface area contributed by atoms with Crippen molar-refractivity contribution >= 4 is 17.8 Å². The number of amides is 4. The Morgan fingerprint density at radius 1 is 1.11 bits per heavy atom. The molecule has 1 saturated carbocycles. The van der Waals surface area contributed by atoms with E-state index in [0.29, 0.717) is 38.5 Å². The highest BCUT2D eigenvalue weighted by Crippen LogP contribution is 2.29. The molecule has 2 unspecified atom stereocenters. The molecule has 7 heteroatoms. The summed E-state index contributed by atoms with van der Waals surface area (Å²) >= 11 is 0. The van der Waals surface area contributed by atoms with Crippen LogP contribution in [0.15, 0.2) is 0 Å². The first-order chi connectivity index (χ1) is 13.3.